The molecule has 0 saturated carbocycles. The lowest BCUT2D eigenvalue weighted by Gasteiger charge is -2.25. The van der Waals surface area contributed by atoms with Crippen LogP contribution in [-0.4, -0.2) is 37.0 Å². The Labute approximate surface area is 216 Å². The molecule has 1 aromatic heterocycles. The number of fused-ring (bicyclic) bond motifs is 2. The van der Waals surface area contributed by atoms with E-state index in [4.69, 9.17) is 0 Å². The summed E-state index contributed by atoms with van der Waals surface area (Å²) >= 11 is 0. The van der Waals surface area contributed by atoms with Crippen LogP contribution in [0.25, 0.3) is 10.9 Å². The standard InChI is InChI=1S/C29H27N3O4S/c1-32-19-24-16-25(12-11-22(24)17-28(32)34)31-37(35,36)27-9-5-8-23-14-21(18-30-29(23)27)10-13-26(33)15-20-6-3-2-4-7-20/h2-9,11-12,14,16,18,31H,10,13,15,17,19H2,1H3. The Hall–Kier alpha value is -4.04. The van der Waals surface area contributed by atoms with Gasteiger partial charge in [0.2, 0.25) is 5.91 Å². The average molecular weight is 514 g/mol. The fraction of sp³-hybridized carbons (Fsp3) is 0.207. The van der Waals surface area contributed by atoms with Gasteiger partial charge in [-0.1, -0.05) is 48.5 Å². The van der Waals surface area contributed by atoms with E-state index in [1.807, 2.05) is 42.5 Å². The van der Waals surface area contributed by atoms with E-state index in [2.05, 4.69) is 9.71 Å². The summed E-state index contributed by atoms with van der Waals surface area (Å²) in [4.78, 5) is 30.5. The van der Waals surface area contributed by atoms with Gasteiger partial charge in [-0.2, -0.15) is 0 Å². The number of likely N-dealkylation sites (N-methyl/N-ethyl adjacent to an activating group) is 1. The van der Waals surface area contributed by atoms with Crippen LogP contribution >= 0.6 is 0 Å². The highest BCUT2D eigenvalue weighted by molar-refractivity contribution is 7.93. The highest BCUT2D eigenvalue weighted by Crippen LogP contribution is 2.27. The predicted molar refractivity (Wildman–Crippen MR) is 143 cm³/mol. The fourth-order valence-electron chi connectivity index (χ4n) is 4.59. The number of rotatable bonds is 8. The van der Waals surface area contributed by atoms with Crippen LogP contribution in [0.3, 0.4) is 0 Å². The highest BCUT2D eigenvalue weighted by Gasteiger charge is 2.22. The molecule has 4 aromatic rings. The number of nitrogens with zero attached hydrogens (tertiary/aromatic N) is 2. The second-order valence-electron chi connectivity index (χ2n) is 9.39. The van der Waals surface area contributed by atoms with Gasteiger partial charge in [-0.15, -0.1) is 0 Å². The number of nitrogens with one attached hydrogen (secondary N) is 1. The van der Waals surface area contributed by atoms with Crippen LogP contribution in [0, 0.1) is 0 Å². The van der Waals surface area contributed by atoms with Gasteiger partial charge >= 0.3 is 0 Å². The third-order valence-corrected chi connectivity index (χ3v) is 8.00. The Kier molecular flexibility index (Phi) is 6.76. The first-order chi connectivity index (χ1) is 17.8. The van der Waals surface area contributed by atoms with Gasteiger partial charge in [-0.3, -0.25) is 19.3 Å². The number of amides is 1. The Balaban J connectivity index is 1.32. The SMILES string of the molecule is CN1Cc2cc(NS(=O)(=O)c3cccc4cc(CCC(=O)Cc5ccccc5)cnc34)ccc2CC1=O. The molecule has 0 atom stereocenters. The molecule has 3 aromatic carbocycles. The molecule has 1 amide bonds. The number of sulfonamides is 1. The summed E-state index contributed by atoms with van der Waals surface area (Å²) in [6.45, 7) is 0.441. The number of pyridine rings is 1. The largest absolute Gasteiger partial charge is 0.341 e. The molecule has 1 aliphatic rings. The summed E-state index contributed by atoms with van der Waals surface area (Å²) in [5.41, 5.74) is 4.51. The lowest BCUT2D eigenvalue weighted by atomic mass is 9.99. The van der Waals surface area contributed by atoms with Crippen LogP contribution in [0.15, 0.2) is 83.9 Å². The number of carbonyl (C=O) groups is 2. The summed E-state index contributed by atoms with van der Waals surface area (Å²) in [6.07, 6.45) is 3.27. The molecule has 0 saturated heterocycles. The van der Waals surface area contributed by atoms with Gasteiger partial charge in [0.25, 0.3) is 10.0 Å². The maximum absolute atomic E-state index is 13.3. The number of hydrogen-bond donors (Lipinski definition) is 1. The van der Waals surface area contributed by atoms with Crippen LogP contribution in [0.2, 0.25) is 0 Å². The molecule has 1 aliphatic heterocycles. The summed E-state index contributed by atoms with van der Waals surface area (Å²) in [6, 6.07) is 21.8. The number of carbonyl (C=O) groups excluding carboxylic acids is 2. The number of benzene rings is 3. The topological polar surface area (TPSA) is 96.4 Å². The van der Waals surface area contributed by atoms with Crippen LogP contribution in [0.5, 0.6) is 0 Å². The molecule has 7 nitrogen and oxygen atoms in total. The second-order valence-corrected chi connectivity index (χ2v) is 11.0. The minimum atomic E-state index is -3.91. The third kappa shape index (κ3) is 5.54. The number of hydrogen-bond acceptors (Lipinski definition) is 5. The minimum absolute atomic E-state index is 0.0441. The first-order valence-corrected chi connectivity index (χ1v) is 13.6. The quantitative estimate of drug-likeness (QED) is 0.379. The van der Waals surface area contributed by atoms with Crippen molar-refractivity contribution in [2.24, 2.45) is 0 Å². The Morgan fingerprint density at radius 3 is 2.59 bits per heavy atom. The molecule has 0 bridgehead atoms. The molecular formula is C29H27N3O4S. The van der Waals surface area contributed by atoms with Crippen molar-refractivity contribution in [3.8, 4) is 0 Å². The van der Waals surface area contributed by atoms with Crippen LogP contribution < -0.4 is 4.72 Å². The van der Waals surface area contributed by atoms with E-state index in [1.165, 1.54) is 6.07 Å². The summed E-state index contributed by atoms with van der Waals surface area (Å²) < 4.78 is 29.3. The predicted octanol–water partition coefficient (Wildman–Crippen LogP) is 4.29. The van der Waals surface area contributed by atoms with Crippen molar-refractivity contribution >= 4 is 38.3 Å². The molecular weight excluding hydrogens is 486 g/mol. The molecule has 188 valence electrons. The number of aryl methyl sites for hydroxylation is 1. The van der Waals surface area contributed by atoms with Gasteiger partial charge < -0.3 is 4.90 Å². The molecule has 0 unspecified atom stereocenters. The van der Waals surface area contributed by atoms with Crippen LogP contribution in [0.1, 0.15) is 28.7 Å². The van der Waals surface area contributed by atoms with Crippen molar-refractivity contribution in [2.45, 2.75) is 37.1 Å². The first kappa shape index (κ1) is 24.6. The van der Waals surface area contributed by atoms with Crippen molar-refractivity contribution in [3.05, 3.63) is 101 Å². The van der Waals surface area contributed by atoms with Crippen molar-refractivity contribution in [1.82, 2.24) is 9.88 Å². The maximum atomic E-state index is 13.3. The van der Waals surface area contributed by atoms with E-state index >= 15 is 0 Å². The minimum Gasteiger partial charge on any atom is -0.341 e. The van der Waals surface area contributed by atoms with Gasteiger partial charge in [0.1, 0.15) is 10.7 Å². The molecule has 5 rings (SSSR count). The molecule has 0 fully saturated rings. The Bertz CT molecular complexity index is 1600. The number of ketones is 1. The van der Waals surface area contributed by atoms with Gasteiger partial charge in [-0.05, 0) is 52.9 Å². The first-order valence-electron chi connectivity index (χ1n) is 12.1. The van der Waals surface area contributed by atoms with Crippen molar-refractivity contribution in [3.63, 3.8) is 0 Å². The van der Waals surface area contributed by atoms with E-state index in [-0.39, 0.29) is 16.6 Å². The van der Waals surface area contributed by atoms with Crippen molar-refractivity contribution < 1.29 is 18.0 Å². The number of anilines is 1. The lowest BCUT2D eigenvalue weighted by molar-refractivity contribution is -0.130. The smallest absolute Gasteiger partial charge is 0.264 e. The summed E-state index contributed by atoms with van der Waals surface area (Å²) in [5, 5.41) is 0.696. The third-order valence-electron chi connectivity index (χ3n) is 6.59. The fourth-order valence-corrected chi connectivity index (χ4v) is 5.82. The van der Waals surface area contributed by atoms with Crippen LogP contribution in [0.4, 0.5) is 5.69 Å². The molecule has 0 aliphatic carbocycles. The molecule has 37 heavy (non-hydrogen) atoms. The molecule has 8 heteroatoms. The maximum Gasteiger partial charge on any atom is 0.264 e. The second kappa shape index (κ2) is 10.1. The summed E-state index contributed by atoms with van der Waals surface area (Å²) in [5.74, 6) is 0.190. The van der Waals surface area contributed by atoms with Crippen LogP contribution in [-0.2, 0) is 45.4 Å². The Morgan fingerprint density at radius 1 is 0.973 bits per heavy atom. The zero-order chi connectivity index (χ0) is 26.0. The number of para-hydroxylation sites is 1. The zero-order valence-corrected chi connectivity index (χ0v) is 21.3. The van der Waals surface area contributed by atoms with E-state index in [0.29, 0.717) is 48.8 Å². The van der Waals surface area contributed by atoms with E-state index in [0.717, 1.165) is 22.3 Å². The van der Waals surface area contributed by atoms with Gasteiger partial charge in [0.05, 0.1) is 11.9 Å². The van der Waals surface area contributed by atoms with E-state index in [9.17, 15) is 18.0 Å². The zero-order valence-electron chi connectivity index (χ0n) is 20.5. The highest BCUT2D eigenvalue weighted by atomic mass is 32.2. The monoisotopic (exact) mass is 513 g/mol. The van der Waals surface area contributed by atoms with Gasteiger partial charge in [0, 0.05) is 43.7 Å². The molecule has 1 N–H and O–H groups in total. The molecule has 0 radical (unpaired) electrons. The van der Waals surface area contributed by atoms with Gasteiger partial charge in [0.15, 0.2) is 0 Å². The van der Waals surface area contributed by atoms with E-state index < -0.39 is 10.0 Å². The Morgan fingerprint density at radius 2 is 1.78 bits per heavy atom. The number of aromatic nitrogens is 1. The van der Waals surface area contributed by atoms with Crippen molar-refractivity contribution in [2.75, 3.05) is 11.8 Å². The number of Topliss-reactive ketones (excluding diaryl/α,β-unsaturated/α-hetero) is 1. The lowest BCUT2D eigenvalue weighted by Crippen LogP contribution is -2.32. The summed E-state index contributed by atoms with van der Waals surface area (Å²) in [7, 11) is -2.18. The average Bonchev–Trinajstić information content (AvgIpc) is 2.88. The van der Waals surface area contributed by atoms with E-state index in [1.54, 1.807) is 42.4 Å². The van der Waals surface area contributed by atoms with Gasteiger partial charge in [-0.25, -0.2) is 8.42 Å². The van der Waals surface area contributed by atoms with Crippen molar-refractivity contribution in [1.29, 1.82) is 0 Å². The molecule has 2 heterocycles. The molecule has 0 spiro atoms. The normalized spacial score (nSPS) is 13.4.